The fraction of sp³-hybridized carbons (Fsp3) is 0.111. The van der Waals surface area contributed by atoms with Gasteiger partial charge in [0.1, 0.15) is 0 Å². The van der Waals surface area contributed by atoms with Crippen LogP contribution in [0.15, 0.2) is 42.5 Å². The molecule has 134 valence electrons. The molecule has 0 saturated heterocycles. The van der Waals surface area contributed by atoms with Crippen molar-refractivity contribution in [1.82, 2.24) is 25.1 Å². The lowest BCUT2D eigenvalue weighted by Crippen LogP contribution is -2.24. The molecule has 27 heavy (non-hydrogen) atoms. The molecule has 1 N–H and O–H groups in total. The summed E-state index contributed by atoms with van der Waals surface area (Å²) in [7, 11) is 3.14. The third-order valence-electron chi connectivity index (χ3n) is 4.35. The highest BCUT2D eigenvalue weighted by atomic mass is 16.2. The van der Waals surface area contributed by atoms with Gasteiger partial charge in [-0.25, -0.2) is 4.68 Å². The van der Waals surface area contributed by atoms with E-state index < -0.39 is 5.91 Å². The summed E-state index contributed by atoms with van der Waals surface area (Å²) in [4.78, 5) is 37.7. The Hall–Kier alpha value is -3.88. The smallest absolute Gasteiger partial charge is 0.261 e. The molecular formula is C18H14N6O3. The number of nitrogens with one attached hydrogen (secondary N) is 1. The molecule has 3 aromatic rings. The molecule has 2 aromatic carbocycles. The van der Waals surface area contributed by atoms with E-state index in [1.54, 1.807) is 25.2 Å². The van der Waals surface area contributed by atoms with E-state index in [-0.39, 0.29) is 22.9 Å². The molecule has 1 aliphatic rings. The number of carbonyl (C=O) groups is 3. The van der Waals surface area contributed by atoms with Crippen molar-refractivity contribution in [2.24, 2.45) is 7.05 Å². The van der Waals surface area contributed by atoms with Crippen molar-refractivity contribution < 1.29 is 14.4 Å². The average molecular weight is 362 g/mol. The Balaban J connectivity index is 1.60. The summed E-state index contributed by atoms with van der Waals surface area (Å²) in [6.07, 6.45) is 0. The molecule has 4 rings (SSSR count). The van der Waals surface area contributed by atoms with Crippen LogP contribution in [0.2, 0.25) is 0 Å². The summed E-state index contributed by atoms with van der Waals surface area (Å²) in [5.74, 6) is -0.606. The Bertz CT molecular complexity index is 1100. The molecule has 9 heteroatoms. The minimum Gasteiger partial charge on any atom is -0.322 e. The van der Waals surface area contributed by atoms with Gasteiger partial charge in [0.05, 0.1) is 11.1 Å². The van der Waals surface area contributed by atoms with Crippen LogP contribution in [0, 0.1) is 0 Å². The number of rotatable bonds is 3. The predicted molar refractivity (Wildman–Crippen MR) is 95.1 cm³/mol. The van der Waals surface area contributed by atoms with Crippen LogP contribution < -0.4 is 5.32 Å². The van der Waals surface area contributed by atoms with Gasteiger partial charge in [0.25, 0.3) is 17.7 Å². The van der Waals surface area contributed by atoms with Crippen molar-refractivity contribution in [3.63, 3.8) is 0 Å². The Kier molecular flexibility index (Phi) is 3.76. The minimum absolute atomic E-state index is 0.231. The first-order chi connectivity index (χ1) is 13.0. The van der Waals surface area contributed by atoms with Crippen LogP contribution in [0.3, 0.4) is 0 Å². The molecular weight excluding hydrogens is 348 g/mol. The third-order valence-corrected chi connectivity index (χ3v) is 4.35. The average Bonchev–Trinajstić information content (AvgIpc) is 3.19. The number of hydrogen-bond acceptors (Lipinski definition) is 6. The van der Waals surface area contributed by atoms with Crippen LogP contribution in [-0.4, -0.2) is 49.9 Å². The number of nitrogens with zero attached hydrogens (tertiary/aromatic N) is 5. The standard InChI is InChI=1S/C18H14N6O3/c1-23-17(26)13-7-6-11(9-14(13)18(23)27)16(25)19-12-5-3-4-10(8-12)15-20-21-22-24(15)2/h3-9H,1-2H3,(H,19,25). The zero-order valence-electron chi connectivity index (χ0n) is 14.5. The number of tetrazole rings is 1. The maximum atomic E-state index is 12.6. The molecule has 0 fully saturated rings. The maximum absolute atomic E-state index is 12.6. The number of aryl methyl sites for hydroxylation is 1. The van der Waals surface area contributed by atoms with E-state index in [0.717, 1.165) is 10.5 Å². The van der Waals surface area contributed by atoms with E-state index in [9.17, 15) is 14.4 Å². The highest BCUT2D eigenvalue weighted by Gasteiger charge is 2.33. The first-order valence-corrected chi connectivity index (χ1v) is 8.06. The first-order valence-electron chi connectivity index (χ1n) is 8.06. The number of carbonyl (C=O) groups excluding carboxylic acids is 3. The number of fused-ring (bicyclic) bond motifs is 1. The highest BCUT2D eigenvalue weighted by Crippen LogP contribution is 2.24. The second-order valence-corrected chi connectivity index (χ2v) is 6.09. The second-order valence-electron chi connectivity index (χ2n) is 6.09. The predicted octanol–water partition coefficient (Wildman–Crippen LogP) is 1.36. The van der Waals surface area contributed by atoms with Gasteiger partial charge >= 0.3 is 0 Å². The molecule has 0 saturated carbocycles. The Morgan fingerprint density at radius 1 is 1.00 bits per heavy atom. The third kappa shape index (κ3) is 2.74. The number of imide groups is 1. The van der Waals surface area contributed by atoms with Crippen LogP contribution in [0.25, 0.3) is 11.4 Å². The molecule has 1 aromatic heterocycles. The van der Waals surface area contributed by atoms with Crippen molar-refractivity contribution in [3.8, 4) is 11.4 Å². The zero-order chi connectivity index (χ0) is 19.1. The molecule has 0 aliphatic carbocycles. The van der Waals surface area contributed by atoms with Gasteiger partial charge in [0, 0.05) is 30.9 Å². The Labute approximate surface area is 153 Å². The maximum Gasteiger partial charge on any atom is 0.261 e. The largest absolute Gasteiger partial charge is 0.322 e. The van der Waals surface area contributed by atoms with Crippen molar-refractivity contribution in [2.75, 3.05) is 12.4 Å². The van der Waals surface area contributed by atoms with Crippen LogP contribution >= 0.6 is 0 Å². The van der Waals surface area contributed by atoms with Gasteiger partial charge in [-0.1, -0.05) is 12.1 Å². The van der Waals surface area contributed by atoms with Gasteiger partial charge in [-0.15, -0.1) is 5.10 Å². The molecule has 0 radical (unpaired) electrons. The van der Waals surface area contributed by atoms with Gasteiger partial charge in [-0.05, 0) is 40.8 Å². The fourth-order valence-electron chi connectivity index (χ4n) is 2.92. The summed E-state index contributed by atoms with van der Waals surface area (Å²) < 4.78 is 1.53. The Morgan fingerprint density at radius 2 is 1.78 bits per heavy atom. The number of amides is 3. The molecule has 0 spiro atoms. The van der Waals surface area contributed by atoms with Gasteiger partial charge in [-0.2, -0.15) is 0 Å². The van der Waals surface area contributed by atoms with Crippen LogP contribution in [0.1, 0.15) is 31.1 Å². The second kappa shape index (κ2) is 6.13. The number of hydrogen-bond donors (Lipinski definition) is 1. The van der Waals surface area contributed by atoms with Gasteiger partial charge in [0.2, 0.25) is 0 Å². The monoisotopic (exact) mass is 362 g/mol. The lowest BCUT2D eigenvalue weighted by Gasteiger charge is -2.08. The van der Waals surface area contributed by atoms with Crippen LogP contribution in [0.5, 0.6) is 0 Å². The van der Waals surface area contributed by atoms with Gasteiger partial charge in [0.15, 0.2) is 5.82 Å². The summed E-state index contributed by atoms with van der Waals surface area (Å²) >= 11 is 0. The van der Waals surface area contributed by atoms with Crippen LogP contribution in [-0.2, 0) is 7.05 Å². The first kappa shape index (κ1) is 16.6. The lowest BCUT2D eigenvalue weighted by atomic mass is 10.1. The molecule has 2 heterocycles. The molecule has 0 atom stereocenters. The number of benzene rings is 2. The Morgan fingerprint density at radius 3 is 2.52 bits per heavy atom. The van der Waals surface area contributed by atoms with Crippen LogP contribution in [0.4, 0.5) is 5.69 Å². The normalized spacial score (nSPS) is 13.0. The van der Waals surface area contributed by atoms with Crippen molar-refractivity contribution in [2.45, 2.75) is 0 Å². The molecule has 1 aliphatic heterocycles. The minimum atomic E-state index is -0.415. The molecule has 0 bridgehead atoms. The van der Waals surface area contributed by atoms with E-state index in [4.69, 9.17) is 0 Å². The van der Waals surface area contributed by atoms with Crippen molar-refractivity contribution >= 4 is 23.4 Å². The summed E-state index contributed by atoms with van der Waals surface area (Å²) in [5, 5.41) is 14.1. The lowest BCUT2D eigenvalue weighted by molar-refractivity contribution is 0.0693. The number of aromatic nitrogens is 4. The quantitative estimate of drug-likeness (QED) is 0.705. The summed E-state index contributed by atoms with van der Waals surface area (Å²) in [6.45, 7) is 0. The SMILES string of the molecule is CN1C(=O)c2ccc(C(=O)Nc3cccc(-c4nnnn4C)c3)cc2C1=O. The van der Waals surface area contributed by atoms with Gasteiger partial charge < -0.3 is 5.32 Å². The van der Waals surface area contributed by atoms with E-state index in [0.29, 0.717) is 17.1 Å². The summed E-state index contributed by atoms with van der Waals surface area (Å²) in [5.41, 5.74) is 2.12. The highest BCUT2D eigenvalue weighted by molar-refractivity contribution is 6.22. The number of anilines is 1. The topological polar surface area (TPSA) is 110 Å². The van der Waals surface area contributed by atoms with E-state index in [2.05, 4.69) is 20.8 Å². The van der Waals surface area contributed by atoms with Gasteiger partial charge in [-0.3, -0.25) is 19.3 Å². The summed E-state index contributed by atoms with van der Waals surface area (Å²) in [6, 6.07) is 11.5. The molecule has 9 nitrogen and oxygen atoms in total. The van der Waals surface area contributed by atoms with E-state index in [1.807, 2.05) is 6.07 Å². The van der Waals surface area contributed by atoms with Crippen molar-refractivity contribution in [3.05, 3.63) is 59.2 Å². The zero-order valence-corrected chi connectivity index (χ0v) is 14.5. The van der Waals surface area contributed by atoms with E-state index >= 15 is 0 Å². The van der Waals surface area contributed by atoms with E-state index in [1.165, 1.54) is 29.9 Å². The fourth-order valence-corrected chi connectivity index (χ4v) is 2.92. The van der Waals surface area contributed by atoms with Crippen molar-refractivity contribution in [1.29, 1.82) is 0 Å². The molecule has 0 unspecified atom stereocenters. The molecule has 3 amide bonds.